The molecular formula is C17H26O4. The molecule has 4 nitrogen and oxygen atoms in total. The molecule has 0 bridgehead atoms. The van der Waals surface area contributed by atoms with Gasteiger partial charge in [-0.2, -0.15) is 0 Å². The number of carbonyl (C=O) groups excluding carboxylic acids is 2. The maximum absolute atomic E-state index is 11.3. The van der Waals surface area contributed by atoms with Crippen molar-refractivity contribution < 1.29 is 19.1 Å². The zero-order valence-electron chi connectivity index (χ0n) is 13.5. The van der Waals surface area contributed by atoms with E-state index in [1.54, 1.807) is 0 Å². The summed E-state index contributed by atoms with van der Waals surface area (Å²) in [6.45, 7) is 8.80. The molecule has 1 atom stereocenters. The van der Waals surface area contributed by atoms with Gasteiger partial charge in [-0.3, -0.25) is 9.59 Å². The van der Waals surface area contributed by atoms with Crippen molar-refractivity contribution in [3.63, 3.8) is 0 Å². The number of hydrogen-bond acceptors (Lipinski definition) is 4. The third-order valence-electron chi connectivity index (χ3n) is 4.78. The summed E-state index contributed by atoms with van der Waals surface area (Å²) in [6, 6.07) is 0. The second-order valence-electron chi connectivity index (χ2n) is 7.04. The van der Waals surface area contributed by atoms with Crippen LogP contribution in [0, 0.1) is 11.3 Å². The second-order valence-corrected chi connectivity index (χ2v) is 7.04. The Morgan fingerprint density at radius 2 is 1.86 bits per heavy atom. The predicted molar refractivity (Wildman–Crippen MR) is 79.3 cm³/mol. The van der Waals surface area contributed by atoms with Gasteiger partial charge in [0.25, 0.3) is 0 Å². The van der Waals surface area contributed by atoms with Gasteiger partial charge in [-0.25, -0.2) is 0 Å². The van der Waals surface area contributed by atoms with Crippen molar-refractivity contribution in [2.75, 3.05) is 0 Å². The first-order valence-corrected chi connectivity index (χ1v) is 7.87. The molecule has 21 heavy (non-hydrogen) atoms. The lowest BCUT2D eigenvalue weighted by molar-refractivity contribution is -0.212. The van der Waals surface area contributed by atoms with Gasteiger partial charge < -0.3 is 9.47 Å². The van der Waals surface area contributed by atoms with Crippen LogP contribution < -0.4 is 0 Å². The van der Waals surface area contributed by atoms with Gasteiger partial charge in [0, 0.05) is 5.92 Å². The lowest BCUT2D eigenvalue weighted by atomic mass is 9.71. The van der Waals surface area contributed by atoms with E-state index in [-0.39, 0.29) is 17.8 Å². The smallest absolute Gasteiger partial charge is 0.320 e. The maximum Gasteiger partial charge on any atom is 0.320 e. The molecule has 1 aliphatic heterocycles. The summed E-state index contributed by atoms with van der Waals surface area (Å²) in [7, 11) is 0. The number of hydrogen-bond donors (Lipinski definition) is 0. The van der Waals surface area contributed by atoms with Crippen LogP contribution >= 0.6 is 0 Å². The Bertz CT molecular complexity index is 445. The van der Waals surface area contributed by atoms with Gasteiger partial charge in [0.15, 0.2) is 0 Å². The van der Waals surface area contributed by atoms with Crippen LogP contribution in [0.25, 0.3) is 0 Å². The highest BCUT2D eigenvalue weighted by Crippen LogP contribution is 2.43. The number of cyclic esters (lactones) is 2. The van der Waals surface area contributed by atoms with E-state index < -0.39 is 18.2 Å². The lowest BCUT2D eigenvalue weighted by Gasteiger charge is -2.36. The van der Waals surface area contributed by atoms with Crippen LogP contribution in [0.15, 0.2) is 11.1 Å². The van der Waals surface area contributed by atoms with Gasteiger partial charge in [-0.1, -0.05) is 31.9 Å². The minimum absolute atomic E-state index is 0.0243. The van der Waals surface area contributed by atoms with Gasteiger partial charge in [0.2, 0.25) is 6.29 Å². The van der Waals surface area contributed by atoms with Crippen LogP contribution in [-0.4, -0.2) is 18.2 Å². The Hall–Kier alpha value is -1.32. The molecule has 4 heteroatoms. The average Bonchev–Trinajstić information content (AvgIpc) is 2.35. The highest BCUT2D eigenvalue weighted by atomic mass is 16.7. The van der Waals surface area contributed by atoms with Gasteiger partial charge in [0.1, 0.15) is 6.42 Å². The zero-order valence-corrected chi connectivity index (χ0v) is 13.5. The van der Waals surface area contributed by atoms with Crippen molar-refractivity contribution in [3.8, 4) is 0 Å². The molecule has 1 heterocycles. The summed E-state index contributed by atoms with van der Waals surface area (Å²) in [5, 5.41) is 0. The van der Waals surface area contributed by atoms with Gasteiger partial charge in [-0.05, 0) is 44.4 Å². The van der Waals surface area contributed by atoms with E-state index in [9.17, 15) is 9.59 Å². The molecule has 1 fully saturated rings. The zero-order chi connectivity index (χ0) is 15.6. The molecule has 0 N–H and O–H groups in total. The van der Waals surface area contributed by atoms with E-state index in [0.29, 0.717) is 0 Å². The molecular weight excluding hydrogens is 268 g/mol. The first-order chi connectivity index (χ1) is 9.79. The minimum Gasteiger partial charge on any atom is -0.424 e. The Morgan fingerprint density at radius 1 is 1.24 bits per heavy atom. The monoisotopic (exact) mass is 294 g/mol. The Kier molecular flexibility index (Phi) is 4.74. The molecule has 0 spiro atoms. The van der Waals surface area contributed by atoms with Crippen LogP contribution in [-0.2, 0) is 19.1 Å². The molecule has 1 aliphatic carbocycles. The third-order valence-corrected chi connectivity index (χ3v) is 4.78. The summed E-state index contributed by atoms with van der Waals surface area (Å²) < 4.78 is 10.3. The van der Waals surface area contributed by atoms with E-state index >= 15 is 0 Å². The molecule has 118 valence electrons. The Morgan fingerprint density at radius 3 is 2.43 bits per heavy atom. The summed E-state index contributed by atoms with van der Waals surface area (Å²) >= 11 is 0. The molecule has 0 saturated carbocycles. The van der Waals surface area contributed by atoms with Crippen molar-refractivity contribution in [2.24, 2.45) is 11.3 Å². The van der Waals surface area contributed by atoms with Crippen molar-refractivity contribution in [2.45, 2.75) is 72.5 Å². The molecule has 0 aromatic rings. The van der Waals surface area contributed by atoms with Gasteiger partial charge in [-0.15, -0.1) is 0 Å². The van der Waals surface area contributed by atoms with E-state index in [2.05, 4.69) is 20.8 Å². The summed E-state index contributed by atoms with van der Waals surface area (Å²) in [6.07, 6.45) is 4.52. The molecule has 2 rings (SSSR count). The van der Waals surface area contributed by atoms with Crippen molar-refractivity contribution in [1.82, 2.24) is 0 Å². The molecule has 0 amide bonds. The van der Waals surface area contributed by atoms with Crippen molar-refractivity contribution in [1.29, 1.82) is 0 Å². The highest BCUT2D eigenvalue weighted by molar-refractivity contribution is 5.92. The summed E-state index contributed by atoms with van der Waals surface area (Å²) in [4.78, 5) is 22.6. The average molecular weight is 294 g/mol. The van der Waals surface area contributed by atoms with E-state index in [4.69, 9.17) is 9.47 Å². The van der Waals surface area contributed by atoms with E-state index in [0.717, 1.165) is 12.8 Å². The molecule has 1 saturated heterocycles. The summed E-state index contributed by atoms with van der Waals surface area (Å²) in [5.41, 5.74) is 3.27. The number of esters is 2. The van der Waals surface area contributed by atoms with Crippen molar-refractivity contribution >= 4 is 11.9 Å². The second kappa shape index (κ2) is 6.20. The maximum atomic E-state index is 11.3. The Balaban J connectivity index is 1.96. The fraction of sp³-hybridized carbons (Fsp3) is 0.765. The predicted octanol–water partition coefficient (Wildman–Crippen LogP) is 3.75. The lowest BCUT2D eigenvalue weighted by Crippen LogP contribution is -2.37. The standard InChI is InChI=1S/C17H26O4/c1-11-6-5-9-17(3,4)13(11)8-7-12(2)16-20-14(18)10-15(19)21-16/h12,16H,5-10H2,1-4H3. The number of allylic oxidation sites excluding steroid dienone is 2. The van der Waals surface area contributed by atoms with Gasteiger partial charge in [0.05, 0.1) is 0 Å². The largest absolute Gasteiger partial charge is 0.424 e. The molecule has 0 aromatic carbocycles. The number of rotatable bonds is 4. The van der Waals surface area contributed by atoms with E-state index in [1.165, 1.54) is 30.4 Å². The van der Waals surface area contributed by atoms with Crippen molar-refractivity contribution in [3.05, 3.63) is 11.1 Å². The van der Waals surface area contributed by atoms with Crippen LogP contribution in [0.5, 0.6) is 0 Å². The fourth-order valence-corrected chi connectivity index (χ4v) is 3.45. The summed E-state index contributed by atoms with van der Waals surface area (Å²) in [5.74, 6) is -0.927. The Labute approximate surface area is 126 Å². The molecule has 0 aromatic heterocycles. The topological polar surface area (TPSA) is 52.6 Å². The minimum atomic E-state index is -0.716. The number of ether oxygens (including phenoxy) is 2. The first-order valence-electron chi connectivity index (χ1n) is 7.87. The highest BCUT2D eigenvalue weighted by Gasteiger charge is 2.33. The molecule has 0 radical (unpaired) electrons. The third kappa shape index (κ3) is 3.86. The first kappa shape index (κ1) is 16.1. The normalized spacial score (nSPS) is 24.6. The van der Waals surface area contributed by atoms with Crippen LogP contribution in [0.4, 0.5) is 0 Å². The number of carbonyl (C=O) groups is 2. The van der Waals surface area contributed by atoms with Gasteiger partial charge >= 0.3 is 11.9 Å². The SMILES string of the molecule is CC1=C(CCC(C)C2OC(=O)CC(=O)O2)C(C)(C)CCC1. The van der Waals surface area contributed by atoms with Crippen LogP contribution in [0.1, 0.15) is 66.2 Å². The molecule has 1 unspecified atom stereocenters. The molecule has 2 aliphatic rings. The van der Waals surface area contributed by atoms with E-state index in [1.807, 2.05) is 6.92 Å². The van der Waals surface area contributed by atoms with Crippen LogP contribution in [0.2, 0.25) is 0 Å². The quantitative estimate of drug-likeness (QED) is 0.450. The fourth-order valence-electron chi connectivity index (χ4n) is 3.45. The van der Waals surface area contributed by atoms with Crippen LogP contribution in [0.3, 0.4) is 0 Å².